The number of aliphatic hydroxyl groups is 1. The van der Waals surface area contributed by atoms with Gasteiger partial charge >= 0.3 is 6.03 Å². The number of urea groups is 1. The number of hydrogen-bond donors (Lipinski definition) is 2. The second-order valence-electron chi connectivity index (χ2n) is 4.51. The molecule has 1 rings (SSSR count). The molecule has 0 radical (unpaired) electrons. The van der Waals surface area contributed by atoms with Crippen LogP contribution in [0.4, 0.5) is 13.6 Å². The summed E-state index contributed by atoms with van der Waals surface area (Å²) in [6.07, 6.45) is -1.60. The molecule has 3 N–H and O–H groups in total. The minimum Gasteiger partial charge on any atom is -0.396 e. The van der Waals surface area contributed by atoms with Crippen LogP contribution in [0.25, 0.3) is 0 Å². The van der Waals surface area contributed by atoms with Gasteiger partial charge in [-0.3, -0.25) is 4.90 Å². The predicted molar refractivity (Wildman–Crippen MR) is 61.1 cm³/mol. The van der Waals surface area contributed by atoms with Gasteiger partial charge < -0.3 is 15.6 Å². The van der Waals surface area contributed by atoms with Gasteiger partial charge in [-0.25, -0.2) is 13.6 Å². The minimum atomic E-state index is -3.13. The Kier molecular flexibility index (Phi) is 4.86. The number of halogens is 2. The second kappa shape index (κ2) is 5.79. The molecule has 0 aliphatic carbocycles. The number of nitrogens with zero attached hydrogens (tertiary/aromatic N) is 1. The van der Waals surface area contributed by atoms with Crippen LogP contribution in [-0.4, -0.2) is 47.4 Å². The first-order chi connectivity index (χ1) is 8.36. The Morgan fingerprint density at radius 3 is 2.56 bits per heavy atom. The van der Waals surface area contributed by atoms with Crippen LogP contribution in [0.15, 0.2) is 0 Å². The van der Waals surface area contributed by atoms with Crippen LogP contribution in [0.3, 0.4) is 0 Å². The lowest BCUT2D eigenvalue weighted by Gasteiger charge is -2.30. The van der Waals surface area contributed by atoms with Crippen molar-refractivity contribution in [2.24, 2.45) is 11.7 Å². The highest BCUT2D eigenvalue weighted by molar-refractivity contribution is 5.72. The molecule has 1 heterocycles. The smallest absolute Gasteiger partial charge is 0.317 e. The Balaban J connectivity index is 2.87. The van der Waals surface area contributed by atoms with Crippen LogP contribution in [-0.2, 0) is 4.74 Å². The van der Waals surface area contributed by atoms with Gasteiger partial charge in [-0.2, -0.15) is 0 Å². The van der Waals surface area contributed by atoms with Crippen molar-refractivity contribution in [1.29, 1.82) is 0 Å². The van der Waals surface area contributed by atoms with Crippen molar-refractivity contribution in [1.82, 2.24) is 4.90 Å². The van der Waals surface area contributed by atoms with Crippen molar-refractivity contribution in [2.75, 3.05) is 13.2 Å². The van der Waals surface area contributed by atoms with Gasteiger partial charge in [-0.05, 0) is 12.8 Å². The highest BCUT2D eigenvalue weighted by Crippen LogP contribution is 2.43. The molecule has 0 aromatic carbocycles. The second-order valence-corrected chi connectivity index (χ2v) is 4.51. The SMILES string of the molecule is CC[C@H]1O[C@@H](N(CCCO)C(N)=O)C(F)(F)[C@@H]1C. The molecule has 0 unspecified atom stereocenters. The van der Waals surface area contributed by atoms with Crippen LogP contribution in [0, 0.1) is 5.92 Å². The zero-order valence-corrected chi connectivity index (χ0v) is 10.6. The number of amides is 2. The number of alkyl halides is 2. The van der Waals surface area contributed by atoms with E-state index >= 15 is 0 Å². The van der Waals surface area contributed by atoms with Crippen LogP contribution < -0.4 is 5.73 Å². The molecule has 0 bridgehead atoms. The Morgan fingerprint density at radius 1 is 1.56 bits per heavy atom. The number of ether oxygens (including phenoxy) is 1. The summed E-state index contributed by atoms with van der Waals surface area (Å²) in [5, 5.41) is 8.71. The first-order valence-electron chi connectivity index (χ1n) is 6.06. The van der Waals surface area contributed by atoms with Gasteiger partial charge in [0.05, 0.1) is 12.0 Å². The topological polar surface area (TPSA) is 75.8 Å². The molecule has 7 heteroatoms. The molecule has 3 atom stereocenters. The van der Waals surface area contributed by atoms with Gasteiger partial charge in [0, 0.05) is 13.2 Å². The largest absolute Gasteiger partial charge is 0.396 e. The summed E-state index contributed by atoms with van der Waals surface area (Å²) in [5.74, 6) is -4.10. The molecule has 1 fully saturated rings. The molecule has 0 spiro atoms. The van der Waals surface area contributed by atoms with E-state index in [2.05, 4.69) is 0 Å². The Labute approximate surface area is 105 Å². The van der Waals surface area contributed by atoms with Crippen LogP contribution >= 0.6 is 0 Å². The van der Waals surface area contributed by atoms with Gasteiger partial charge in [-0.15, -0.1) is 0 Å². The zero-order valence-electron chi connectivity index (χ0n) is 10.6. The first-order valence-corrected chi connectivity index (χ1v) is 6.06. The van der Waals surface area contributed by atoms with Gasteiger partial charge in [0.25, 0.3) is 5.92 Å². The molecule has 5 nitrogen and oxygen atoms in total. The summed E-state index contributed by atoms with van der Waals surface area (Å²) in [6.45, 7) is 2.91. The molecule has 0 aromatic heterocycles. The van der Waals surface area contributed by atoms with E-state index in [1.54, 1.807) is 6.92 Å². The number of nitrogens with two attached hydrogens (primary N) is 1. The highest BCUT2D eigenvalue weighted by Gasteiger charge is 2.58. The molecular formula is C11H20F2N2O3. The summed E-state index contributed by atoms with van der Waals surface area (Å²) >= 11 is 0. The quantitative estimate of drug-likeness (QED) is 0.784. The van der Waals surface area contributed by atoms with Crippen LogP contribution in [0.5, 0.6) is 0 Å². The van der Waals surface area contributed by atoms with Crippen molar-refractivity contribution in [3.05, 3.63) is 0 Å². The Morgan fingerprint density at radius 2 is 2.17 bits per heavy atom. The standard InChI is InChI=1S/C11H20F2N2O3/c1-3-8-7(2)11(12,13)9(18-8)15(10(14)17)5-4-6-16/h7-9,16H,3-6H2,1-2H3,(H2,14,17)/t7-,8-,9-/m1/s1. The van der Waals surface area contributed by atoms with E-state index in [4.69, 9.17) is 15.6 Å². The van der Waals surface area contributed by atoms with Crippen molar-refractivity contribution in [3.8, 4) is 0 Å². The lowest BCUT2D eigenvalue weighted by atomic mass is 9.97. The maximum atomic E-state index is 14.0. The van der Waals surface area contributed by atoms with E-state index < -0.39 is 30.2 Å². The molecule has 2 amide bonds. The molecule has 1 aliphatic heterocycles. The van der Waals surface area contributed by atoms with E-state index in [0.717, 1.165) is 4.90 Å². The van der Waals surface area contributed by atoms with Gasteiger partial charge in [-0.1, -0.05) is 13.8 Å². The number of primary amides is 1. The summed E-state index contributed by atoms with van der Waals surface area (Å²) in [5.41, 5.74) is 5.10. The normalized spacial score (nSPS) is 30.4. The fourth-order valence-electron chi connectivity index (χ4n) is 2.16. The summed E-state index contributed by atoms with van der Waals surface area (Å²) in [7, 11) is 0. The minimum absolute atomic E-state index is 0.0464. The van der Waals surface area contributed by atoms with Gasteiger partial charge in [0.15, 0.2) is 6.23 Å². The van der Waals surface area contributed by atoms with E-state index in [-0.39, 0.29) is 19.6 Å². The fraction of sp³-hybridized carbons (Fsp3) is 0.909. The molecule has 18 heavy (non-hydrogen) atoms. The van der Waals surface area contributed by atoms with E-state index in [1.165, 1.54) is 6.92 Å². The van der Waals surface area contributed by atoms with Gasteiger partial charge in [0.1, 0.15) is 0 Å². The number of carbonyl (C=O) groups is 1. The van der Waals surface area contributed by atoms with Crippen molar-refractivity contribution in [3.63, 3.8) is 0 Å². The zero-order chi connectivity index (χ0) is 13.9. The number of aliphatic hydroxyl groups excluding tert-OH is 1. The van der Waals surface area contributed by atoms with Crippen molar-refractivity contribution >= 4 is 6.03 Å². The highest BCUT2D eigenvalue weighted by atomic mass is 19.3. The van der Waals surface area contributed by atoms with Crippen LogP contribution in [0.2, 0.25) is 0 Å². The van der Waals surface area contributed by atoms with E-state index in [1.807, 2.05) is 0 Å². The summed E-state index contributed by atoms with van der Waals surface area (Å²) in [6, 6.07) is -0.961. The van der Waals surface area contributed by atoms with Crippen LogP contribution in [0.1, 0.15) is 26.7 Å². The van der Waals surface area contributed by atoms with Gasteiger partial charge in [0.2, 0.25) is 0 Å². The maximum Gasteiger partial charge on any atom is 0.317 e. The van der Waals surface area contributed by atoms with Crippen molar-refractivity contribution < 1.29 is 23.4 Å². The van der Waals surface area contributed by atoms with E-state index in [9.17, 15) is 13.6 Å². The summed E-state index contributed by atoms with van der Waals surface area (Å²) < 4.78 is 33.3. The number of carbonyl (C=O) groups excluding carboxylic acids is 1. The average molecular weight is 266 g/mol. The first kappa shape index (κ1) is 15.1. The van der Waals surface area contributed by atoms with Crippen molar-refractivity contribution in [2.45, 2.75) is 44.9 Å². The maximum absolute atomic E-state index is 14.0. The lowest BCUT2D eigenvalue weighted by Crippen LogP contribution is -2.52. The monoisotopic (exact) mass is 266 g/mol. The fourth-order valence-corrected chi connectivity index (χ4v) is 2.16. The third-order valence-electron chi connectivity index (χ3n) is 3.32. The molecule has 1 aliphatic rings. The Hall–Kier alpha value is -0.950. The number of hydrogen-bond acceptors (Lipinski definition) is 3. The molecule has 0 aromatic rings. The molecular weight excluding hydrogens is 246 g/mol. The predicted octanol–water partition coefficient (Wildman–Crippen LogP) is 1.16. The summed E-state index contributed by atoms with van der Waals surface area (Å²) in [4.78, 5) is 12.0. The van der Waals surface area contributed by atoms with E-state index in [0.29, 0.717) is 6.42 Å². The Bertz CT molecular complexity index is 302. The lowest BCUT2D eigenvalue weighted by molar-refractivity contribution is -0.142. The molecule has 1 saturated heterocycles. The number of rotatable bonds is 5. The molecule has 106 valence electrons. The molecule has 0 saturated carbocycles. The third kappa shape index (κ3) is 2.72. The average Bonchev–Trinajstić information content (AvgIpc) is 2.52. The third-order valence-corrected chi connectivity index (χ3v) is 3.32.